The lowest BCUT2D eigenvalue weighted by Crippen LogP contribution is -2.01. The maximum Gasteiger partial charge on any atom is 0.193 e. The summed E-state index contributed by atoms with van der Waals surface area (Å²) in [5, 5.41) is 13.5. The molecular weight excluding hydrogens is 431 g/mol. The lowest BCUT2D eigenvalue weighted by molar-refractivity contribution is 0.103. The van der Waals surface area contributed by atoms with Crippen LogP contribution in [0.5, 0.6) is 17.2 Å². The summed E-state index contributed by atoms with van der Waals surface area (Å²) in [4.78, 5) is 13.0. The Hall–Kier alpha value is -4.38. The Morgan fingerprint density at radius 3 is 1.79 bits per heavy atom. The second-order valence-corrected chi connectivity index (χ2v) is 7.96. The smallest absolute Gasteiger partial charge is 0.193 e. The fourth-order valence-electron chi connectivity index (χ4n) is 4.37. The third-order valence-electron chi connectivity index (χ3n) is 6.01. The predicted molar refractivity (Wildman–Crippen MR) is 131 cm³/mol. The zero-order valence-electron chi connectivity index (χ0n) is 18.6. The highest BCUT2D eigenvalue weighted by Crippen LogP contribution is 2.45. The summed E-state index contributed by atoms with van der Waals surface area (Å²) in [5.41, 5.74) is 2.59. The van der Waals surface area contributed by atoms with E-state index < -0.39 is 0 Å². The van der Waals surface area contributed by atoms with E-state index in [-0.39, 0.29) is 17.3 Å². The number of carbonyl (C=O) groups excluding carboxylic acids is 1. The maximum atomic E-state index is 13.3. The number of hydrogen-bond donors (Lipinski definition) is 1. The zero-order valence-corrected chi connectivity index (χ0v) is 18.6. The van der Waals surface area contributed by atoms with E-state index in [9.17, 15) is 14.3 Å². The van der Waals surface area contributed by atoms with Crippen molar-refractivity contribution in [1.82, 2.24) is 0 Å². The molecule has 0 aromatic heterocycles. The Labute approximate surface area is 195 Å². The fraction of sp³-hybridized carbons (Fsp3) is 0.0690. The molecule has 168 valence electrons. The minimum atomic E-state index is -0.385. The number of phenols is 1. The topological polar surface area (TPSA) is 55.8 Å². The Kier molecular flexibility index (Phi) is 5.38. The van der Waals surface area contributed by atoms with E-state index in [1.807, 2.05) is 42.5 Å². The summed E-state index contributed by atoms with van der Waals surface area (Å²) in [5.74, 6) is 0.929. The van der Waals surface area contributed by atoms with Gasteiger partial charge in [-0.1, -0.05) is 24.3 Å². The summed E-state index contributed by atoms with van der Waals surface area (Å²) in [6.07, 6.45) is 0. The van der Waals surface area contributed by atoms with Crippen LogP contribution in [0, 0.1) is 5.82 Å². The van der Waals surface area contributed by atoms with Crippen LogP contribution in [0.25, 0.3) is 32.7 Å². The van der Waals surface area contributed by atoms with Crippen LogP contribution in [0.2, 0.25) is 0 Å². The average molecular weight is 452 g/mol. The van der Waals surface area contributed by atoms with Crippen LogP contribution in [-0.4, -0.2) is 25.1 Å². The van der Waals surface area contributed by atoms with E-state index >= 15 is 0 Å². The number of methoxy groups -OCH3 is 2. The molecule has 4 nitrogen and oxygen atoms in total. The number of fused-ring (bicyclic) bond motifs is 2. The highest BCUT2D eigenvalue weighted by Gasteiger charge is 2.19. The summed E-state index contributed by atoms with van der Waals surface area (Å²) in [7, 11) is 3.22. The molecule has 0 amide bonds. The van der Waals surface area contributed by atoms with Gasteiger partial charge in [-0.15, -0.1) is 0 Å². The Balaban J connectivity index is 1.75. The van der Waals surface area contributed by atoms with E-state index in [0.717, 1.165) is 32.7 Å². The van der Waals surface area contributed by atoms with E-state index in [0.29, 0.717) is 22.6 Å². The van der Waals surface area contributed by atoms with Crippen LogP contribution in [-0.2, 0) is 0 Å². The monoisotopic (exact) mass is 452 g/mol. The van der Waals surface area contributed by atoms with Gasteiger partial charge in [-0.05, 0) is 82.2 Å². The van der Waals surface area contributed by atoms with E-state index in [4.69, 9.17) is 9.47 Å². The van der Waals surface area contributed by atoms with Crippen LogP contribution in [0.3, 0.4) is 0 Å². The quantitative estimate of drug-likeness (QED) is 0.300. The Bertz CT molecular complexity index is 1560. The number of carbonyl (C=O) groups is 1. The maximum absolute atomic E-state index is 13.3. The molecule has 0 atom stereocenters. The number of benzene rings is 5. The molecule has 0 unspecified atom stereocenters. The van der Waals surface area contributed by atoms with Crippen molar-refractivity contribution < 1.29 is 23.8 Å². The van der Waals surface area contributed by atoms with Crippen LogP contribution in [0.4, 0.5) is 4.39 Å². The van der Waals surface area contributed by atoms with Gasteiger partial charge in [-0.25, -0.2) is 4.39 Å². The molecule has 0 saturated heterocycles. The molecular formula is C29H21FO4. The summed E-state index contributed by atoms with van der Waals surface area (Å²) < 4.78 is 24.7. The van der Waals surface area contributed by atoms with Crippen molar-refractivity contribution in [3.63, 3.8) is 0 Å². The average Bonchev–Trinajstić information content (AvgIpc) is 2.87. The van der Waals surface area contributed by atoms with Crippen molar-refractivity contribution in [2.75, 3.05) is 14.2 Å². The number of ketones is 1. The van der Waals surface area contributed by atoms with Crippen molar-refractivity contribution in [3.8, 4) is 28.4 Å². The number of halogens is 1. The van der Waals surface area contributed by atoms with Gasteiger partial charge < -0.3 is 14.6 Å². The van der Waals surface area contributed by atoms with Gasteiger partial charge in [-0.3, -0.25) is 4.79 Å². The molecule has 5 aromatic carbocycles. The Morgan fingerprint density at radius 1 is 0.676 bits per heavy atom. The lowest BCUT2D eigenvalue weighted by Gasteiger charge is -2.18. The Morgan fingerprint density at radius 2 is 1.21 bits per heavy atom. The van der Waals surface area contributed by atoms with Gasteiger partial charge in [0.1, 0.15) is 23.1 Å². The molecule has 0 heterocycles. The molecule has 34 heavy (non-hydrogen) atoms. The van der Waals surface area contributed by atoms with E-state index in [1.54, 1.807) is 32.4 Å². The van der Waals surface area contributed by atoms with Crippen LogP contribution in [0.1, 0.15) is 15.9 Å². The molecule has 0 aliphatic rings. The first kappa shape index (κ1) is 21.5. The molecule has 5 aromatic rings. The van der Waals surface area contributed by atoms with E-state index in [1.165, 1.54) is 24.3 Å². The molecule has 5 rings (SSSR count). The van der Waals surface area contributed by atoms with Gasteiger partial charge in [0.15, 0.2) is 5.78 Å². The minimum Gasteiger partial charge on any atom is -0.508 e. The van der Waals surface area contributed by atoms with Crippen LogP contribution >= 0.6 is 0 Å². The first-order chi connectivity index (χ1) is 16.5. The SMILES string of the molecule is COc1ccc2cc(O)ccc2c1-c1c(OC)ccc2cc(C(=O)c3ccc(F)cc3)ccc12. The highest BCUT2D eigenvalue weighted by atomic mass is 19.1. The number of ether oxygens (including phenoxy) is 2. The van der Waals surface area contributed by atoms with Gasteiger partial charge in [0.25, 0.3) is 0 Å². The van der Waals surface area contributed by atoms with Crippen molar-refractivity contribution in [2.45, 2.75) is 0 Å². The van der Waals surface area contributed by atoms with Crippen molar-refractivity contribution in [3.05, 3.63) is 102 Å². The molecule has 0 aliphatic heterocycles. The fourth-order valence-corrected chi connectivity index (χ4v) is 4.37. The molecule has 0 fully saturated rings. The zero-order chi connectivity index (χ0) is 23.8. The second kappa shape index (κ2) is 8.52. The summed E-state index contributed by atoms with van der Waals surface area (Å²) in [6, 6.07) is 23.7. The molecule has 5 heteroatoms. The normalized spacial score (nSPS) is 11.0. The number of rotatable bonds is 5. The highest BCUT2D eigenvalue weighted by molar-refractivity contribution is 6.14. The lowest BCUT2D eigenvalue weighted by atomic mass is 9.90. The predicted octanol–water partition coefficient (Wildman–Crippen LogP) is 6.75. The molecule has 0 spiro atoms. The van der Waals surface area contributed by atoms with E-state index in [2.05, 4.69) is 0 Å². The molecule has 0 bridgehead atoms. The number of phenolic OH excluding ortho intramolecular Hbond substituents is 1. The van der Waals surface area contributed by atoms with Gasteiger partial charge >= 0.3 is 0 Å². The van der Waals surface area contributed by atoms with Crippen molar-refractivity contribution >= 4 is 27.3 Å². The first-order valence-electron chi connectivity index (χ1n) is 10.7. The minimum absolute atomic E-state index is 0.178. The van der Waals surface area contributed by atoms with Gasteiger partial charge in [-0.2, -0.15) is 0 Å². The number of hydrogen-bond acceptors (Lipinski definition) is 4. The third kappa shape index (κ3) is 3.61. The standard InChI is InChI=1S/C29H21FO4/c1-33-25-13-6-18-15-20(29(32)17-3-8-21(30)9-4-17)5-11-23(18)27(25)28-24-12-10-22(31)16-19(24)7-14-26(28)34-2/h3-16,31H,1-2H3. The van der Waals surface area contributed by atoms with Crippen molar-refractivity contribution in [1.29, 1.82) is 0 Å². The van der Waals surface area contributed by atoms with Gasteiger partial charge in [0.05, 0.1) is 14.2 Å². The largest absolute Gasteiger partial charge is 0.508 e. The first-order valence-corrected chi connectivity index (χ1v) is 10.7. The van der Waals surface area contributed by atoms with Gasteiger partial charge in [0.2, 0.25) is 0 Å². The molecule has 0 aliphatic carbocycles. The van der Waals surface area contributed by atoms with Crippen molar-refractivity contribution in [2.24, 2.45) is 0 Å². The van der Waals surface area contributed by atoms with Crippen LogP contribution in [0.15, 0.2) is 84.9 Å². The third-order valence-corrected chi connectivity index (χ3v) is 6.01. The molecule has 0 radical (unpaired) electrons. The second-order valence-electron chi connectivity index (χ2n) is 7.96. The molecule has 1 N–H and O–H groups in total. The summed E-state index contributed by atoms with van der Waals surface area (Å²) in [6.45, 7) is 0. The molecule has 0 saturated carbocycles. The van der Waals surface area contributed by atoms with Gasteiger partial charge in [0, 0.05) is 22.3 Å². The van der Waals surface area contributed by atoms with Crippen LogP contribution < -0.4 is 9.47 Å². The summed E-state index contributed by atoms with van der Waals surface area (Å²) >= 11 is 0. The number of aromatic hydroxyl groups is 1.